The van der Waals surface area contributed by atoms with E-state index in [4.69, 9.17) is 23.4 Å². The summed E-state index contributed by atoms with van der Waals surface area (Å²) in [5.74, 6) is 1.45. The monoisotopic (exact) mass is 501 g/mol. The van der Waals surface area contributed by atoms with Crippen molar-refractivity contribution in [1.29, 1.82) is 0 Å². The number of methoxy groups -OCH3 is 4. The molecule has 1 aromatic heterocycles. The summed E-state index contributed by atoms with van der Waals surface area (Å²) in [6.45, 7) is 3.87. The maximum Gasteiger partial charge on any atom is 0.295 e. The normalized spacial score (nSPS) is 14.6. The van der Waals surface area contributed by atoms with Gasteiger partial charge in [-0.05, 0) is 79.1 Å². The molecular formula is C29H27NO7. The summed E-state index contributed by atoms with van der Waals surface area (Å²) >= 11 is 0. The molecule has 8 nitrogen and oxygen atoms in total. The molecule has 1 unspecified atom stereocenters. The van der Waals surface area contributed by atoms with Crippen molar-refractivity contribution in [2.24, 2.45) is 0 Å². The molecule has 37 heavy (non-hydrogen) atoms. The SMILES string of the molecule is COc1ccc(N2C(=O)c3oc4cc(C)c(C)cc4c(=O)c3C2c2cc(OC)c(OC)c(OC)c2)cc1. The fraction of sp³-hybridized carbons (Fsp3) is 0.241. The molecule has 2 heterocycles. The third-order valence-corrected chi connectivity index (χ3v) is 6.84. The van der Waals surface area contributed by atoms with Crippen molar-refractivity contribution in [2.75, 3.05) is 33.3 Å². The molecule has 0 radical (unpaired) electrons. The largest absolute Gasteiger partial charge is 0.497 e. The summed E-state index contributed by atoms with van der Waals surface area (Å²) in [6, 6.07) is 13.4. The van der Waals surface area contributed by atoms with Crippen molar-refractivity contribution in [2.45, 2.75) is 19.9 Å². The molecule has 0 N–H and O–H groups in total. The quantitative estimate of drug-likeness (QED) is 0.359. The van der Waals surface area contributed by atoms with Gasteiger partial charge < -0.3 is 23.4 Å². The van der Waals surface area contributed by atoms with Crippen molar-refractivity contribution in [1.82, 2.24) is 0 Å². The van der Waals surface area contributed by atoms with Gasteiger partial charge in [-0.15, -0.1) is 0 Å². The third kappa shape index (κ3) is 3.76. The predicted molar refractivity (Wildman–Crippen MR) is 140 cm³/mol. The van der Waals surface area contributed by atoms with Crippen molar-refractivity contribution in [3.8, 4) is 23.0 Å². The first-order valence-corrected chi connectivity index (χ1v) is 11.7. The topological polar surface area (TPSA) is 87.4 Å². The molecule has 0 bridgehead atoms. The second-order valence-corrected chi connectivity index (χ2v) is 8.84. The smallest absolute Gasteiger partial charge is 0.295 e. The van der Waals surface area contributed by atoms with E-state index < -0.39 is 11.9 Å². The van der Waals surface area contributed by atoms with Gasteiger partial charge in [-0.2, -0.15) is 0 Å². The maximum atomic E-state index is 14.0. The molecule has 1 aliphatic heterocycles. The molecule has 8 heteroatoms. The first-order chi connectivity index (χ1) is 17.8. The maximum absolute atomic E-state index is 14.0. The lowest BCUT2D eigenvalue weighted by atomic mass is 9.96. The Labute approximate surface area is 213 Å². The summed E-state index contributed by atoms with van der Waals surface area (Å²) in [5.41, 5.74) is 3.48. The number of ether oxygens (including phenoxy) is 4. The van der Waals surface area contributed by atoms with Crippen LogP contribution in [0.4, 0.5) is 5.69 Å². The van der Waals surface area contributed by atoms with Gasteiger partial charge in [0.25, 0.3) is 5.91 Å². The summed E-state index contributed by atoms with van der Waals surface area (Å²) in [7, 11) is 6.12. The van der Waals surface area contributed by atoms with Gasteiger partial charge >= 0.3 is 0 Å². The van der Waals surface area contributed by atoms with Gasteiger partial charge in [0.05, 0.1) is 45.4 Å². The number of rotatable bonds is 6. The van der Waals surface area contributed by atoms with Crippen LogP contribution in [0.25, 0.3) is 11.0 Å². The number of hydrogen-bond acceptors (Lipinski definition) is 7. The average Bonchev–Trinajstić information content (AvgIpc) is 3.21. The molecular weight excluding hydrogens is 474 g/mol. The Bertz CT molecular complexity index is 1560. The number of fused-ring (bicyclic) bond motifs is 2. The number of amides is 1. The molecule has 1 atom stereocenters. The average molecular weight is 502 g/mol. The van der Waals surface area contributed by atoms with Gasteiger partial charge in [0.1, 0.15) is 11.3 Å². The van der Waals surface area contributed by atoms with E-state index in [0.29, 0.717) is 45.2 Å². The van der Waals surface area contributed by atoms with Crippen LogP contribution in [0, 0.1) is 13.8 Å². The number of nitrogens with zero attached hydrogens (tertiary/aromatic N) is 1. The van der Waals surface area contributed by atoms with E-state index in [0.717, 1.165) is 11.1 Å². The van der Waals surface area contributed by atoms with Crippen molar-refractivity contribution < 1.29 is 28.2 Å². The highest BCUT2D eigenvalue weighted by Crippen LogP contribution is 2.46. The van der Waals surface area contributed by atoms with E-state index in [-0.39, 0.29) is 16.8 Å². The molecule has 0 fully saturated rings. The van der Waals surface area contributed by atoms with Crippen molar-refractivity contribution >= 4 is 22.6 Å². The number of anilines is 1. The molecule has 0 spiro atoms. The van der Waals surface area contributed by atoms with Crippen molar-refractivity contribution in [3.63, 3.8) is 0 Å². The van der Waals surface area contributed by atoms with E-state index in [9.17, 15) is 9.59 Å². The Balaban J connectivity index is 1.83. The molecule has 4 aromatic rings. The molecule has 1 amide bonds. The van der Waals surface area contributed by atoms with Gasteiger partial charge in [0, 0.05) is 5.69 Å². The minimum Gasteiger partial charge on any atom is -0.497 e. The van der Waals surface area contributed by atoms with Gasteiger partial charge in [-0.25, -0.2) is 0 Å². The highest BCUT2D eigenvalue weighted by molar-refractivity contribution is 6.10. The molecule has 0 aliphatic carbocycles. The first-order valence-electron chi connectivity index (χ1n) is 11.7. The zero-order valence-corrected chi connectivity index (χ0v) is 21.5. The van der Waals surface area contributed by atoms with Crippen LogP contribution in [-0.2, 0) is 0 Å². The number of carbonyl (C=O) groups is 1. The first kappa shape index (κ1) is 24.2. The van der Waals surface area contributed by atoms with E-state index in [1.165, 1.54) is 21.3 Å². The lowest BCUT2D eigenvalue weighted by Gasteiger charge is -2.26. The van der Waals surface area contributed by atoms with Gasteiger partial charge in [-0.3, -0.25) is 14.5 Å². The Morgan fingerprint density at radius 1 is 0.784 bits per heavy atom. The summed E-state index contributed by atoms with van der Waals surface area (Å²) in [6.07, 6.45) is 0. The second kappa shape index (κ2) is 9.20. The zero-order chi connectivity index (χ0) is 26.4. The summed E-state index contributed by atoms with van der Waals surface area (Å²) in [4.78, 5) is 29.4. The molecule has 190 valence electrons. The van der Waals surface area contributed by atoms with Crippen LogP contribution in [0.15, 0.2) is 57.7 Å². The molecule has 3 aromatic carbocycles. The van der Waals surface area contributed by atoms with Gasteiger partial charge in [0.15, 0.2) is 16.9 Å². The van der Waals surface area contributed by atoms with Crippen LogP contribution < -0.4 is 29.3 Å². The van der Waals surface area contributed by atoms with E-state index in [1.54, 1.807) is 54.5 Å². The van der Waals surface area contributed by atoms with Crippen molar-refractivity contribution in [3.05, 3.63) is 86.8 Å². The van der Waals surface area contributed by atoms with Gasteiger partial charge in [0.2, 0.25) is 11.5 Å². The van der Waals surface area contributed by atoms with Crippen LogP contribution in [0.5, 0.6) is 23.0 Å². The predicted octanol–water partition coefficient (Wildman–Crippen LogP) is 5.19. The van der Waals surface area contributed by atoms with E-state index in [2.05, 4.69) is 0 Å². The van der Waals surface area contributed by atoms with Crippen LogP contribution in [0.2, 0.25) is 0 Å². The number of aryl methyl sites for hydroxylation is 2. The fourth-order valence-electron chi connectivity index (χ4n) is 4.81. The molecule has 0 saturated carbocycles. The summed E-state index contributed by atoms with van der Waals surface area (Å²) < 4.78 is 28.0. The second-order valence-electron chi connectivity index (χ2n) is 8.84. The Hall–Kier alpha value is -4.46. The van der Waals surface area contributed by atoms with E-state index >= 15 is 0 Å². The third-order valence-electron chi connectivity index (χ3n) is 6.84. The fourth-order valence-corrected chi connectivity index (χ4v) is 4.81. The Morgan fingerprint density at radius 3 is 1.97 bits per heavy atom. The minimum absolute atomic E-state index is 0.00956. The number of carbonyl (C=O) groups excluding carboxylic acids is 1. The highest BCUT2D eigenvalue weighted by atomic mass is 16.5. The standard InChI is InChI=1S/C29H27NO7/c1-15-11-20-21(12-16(15)2)37-28-24(26(20)31)25(17-13-22(34-4)27(36-6)23(14-17)35-5)30(29(28)32)18-7-9-19(33-3)10-8-18/h7-14,25H,1-6H3. The van der Waals surface area contributed by atoms with Crippen LogP contribution in [0.1, 0.15) is 38.9 Å². The summed E-state index contributed by atoms with van der Waals surface area (Å²) in [5, 5.41) is 0.420. The highest BCUT2D eigenvalue weighted by Gasteiger charge is 2.44. The molecule has 1 aliphatic rings. The molecule has 5 rings (SSSR count). The zero-order valence-electron chi connectivity index (χ0n) is 21.5. The van der Waals surface area contributed by atoms with E-state index in [1.807, 2.05) is 19.9 Å². The molecule has 0 saturated heterocycles. The number of benzene rings is 3. The Morgan fingerprint density at radius 2 is 1.41 bits per heavy atom. The van der Waals surface area contributed by atoms with Crippen LogP contribution in [0.3, 0.4) is 0 Å². The van der Waals surface area contributed by atoms with Gasteiger partial charge in [-0.1, -0.05) is 0 Å². The minimum atomic E-state index is -0.799. The van der Waals surface area contributed by atoms with Crippen LogP contribution >= 0.6 is 0 Å². The van der Waals surface area contributed by atoms with Crippen LogP contribution in [-0.4, -0.2) is 34.3 Å². The lowest BCUT2D eigenvalue weighted by Crippen LogP contribution is -2.29. The number of hydrogen-bond donors (Lipinski definition) is 0. The Kier molecular flexibility index (Phi) is 6.03. The lowest BCUT2D eigenvalue weighted by molar-refractivity contribution is 0.0971.